The van der Waals surface area contributed by atoms with Crippen LogP contribution in [0.4, 0.5) is 0 Å². The molecule has 0 saturated carbocycles. The minimum atomic E-state index is -1.04. The standard InChI is InChI=1S/C24H29NO3/c1-6-15-25-17(3)22(18-11-9-8-10-12-18)20-14-13-19(16-21(20)25)28-24(4,5)23(26)27-7-2/h8-14,16H,6-7,15H2,1-5H3. The second-order valence-electron chi connectivity index (χ2n) is 7.49. The highest BCUT2D eigenvalue weighted by molar-refractivity contribution is 5.98. The highest BCUT2D eigenvalue weighted by Gasteiger charge is 2.31. The van der Waals surface area contributed by atoms with Crippen molar-refractivity contribution in [3.8, 4) is 16.9 Å². The van der Waals surface area contributed by atoms with E-state index in [0.29, 0.717) is 12.4 Å². The smallest absolute Gasteiger partial charge is 0.349 e. The van der Waals surface area contributed by atoms with Gasteiger partial charge in [-0.3, -0.25) is 0 Å². The van der Waals surface area contributed by atoms with E-state index in [1.807, 2.05) is 18.2 Å². The molecule has 28 heavy (non-hydrogen) atoms. The fourth-order valence-electron chi connectivity index (χ4n) is 3.64. The SMILES string of the molecule is CCCn1c(C)c(-c2ccccc2)c2ccc(OC(C)(C)C(=O)OCC)cc21. The van der Waals surface area contributed by atoms with Crippen molar-refractivity contribution in [1.82, 2.24) is 4.57 Å². The summed E-state index contributed by atoms with van der Waals surface area (Å²) >= 11 is 0. The van der Waals surface area contributed by atoms with Crippen LogP contribution in [0.25, 0.3) is 22.0 Å². The Morgan fingerprint density at radius 1 is 1.07 bits per heavy atom. The van der Waals surface area contributed by atoms with E-state index in [0.717, 1.165) is 18.5 Å². The first kappa shape index (κ1) is 20.0. The maximum Gasteiger partial charge on any atom is 0.349 e. The van der Waals surface area contributed by atoms with Gasteiger partial charge in [0.25, 0.3) is 0 Å². The van der Waals surface area contributed by atoms with Crippen LogP contribution < -0.4 is 4.74 Å². The number of carbonyl (C=O) groups excluding carboxylic acids is 1. The molecule has 4 heteroatoms. The molecule has 0 bridgehead atoms. The second kappa shape index (κ2) is 8.09. The van der Waals surface area contributed by atoms with E-state index in [1.54, 1.807) is 20.8 Å². The van der Waals surface area contributed by atoms with E-state index in [2.05, 4.69) is 48.7 Å². The zero-order valence-electron chi connectivity index (χ0n) is 17.4. The molecule has 2 aromatic carbocycles. The highest BCUT2D eigenvalue weighted by Crippen LogP contribution is 2.37. The topological polar surface area (TPSA) is 40.5 Å². The van der Waals surface area contributed by atoms with E-state index < -0.39 is 5.60 Å². The van der Waals surface area contributed by atoms with Gasteiger partial charge >= 0.3 is 5.97 Å². The minimum Gasteiger partial charge on any atom is -0.476 e. The summed E-state index contributed by atoms with van der Waals surface area (Å²) in [5.74, 6) is 0.306. The molecular formula is C24H29NO3. The summed E-state index contributed by atoms with van der Waals surface area (Å²) in [6, 6.07) is 16.5. The number of hydrogen-bond acceptors (Lipinski definition) is 3. The number of esters is 1. The molecule has 0 radical (unpaired) electrons. The maximum absolute atomic E-state index is 12.2. The third kappa shape index (κ3) is 3.77. The fourth-order valence-corrected chi connectivity index (χ4v) is 3.64. The van der Waals surface area contributed by atoms with Crippen LogP contribution in [0.3, 0.4) is 0 Å². The largest absolute Gasteiger partial charge is 0.476 e. The van der Waals surface area contributed by atoms with Crippen molar-refractivity contribution in [2.45, 2.75) is 53.2 Å². The summed E-state index contributed by atoms with van der Waals surface area (Å²) in [6.45, 7) is 10.9. The van der Waals surface area contributed by atoms with Gasteiger partial charge in [-0.25, -0.2) is 4.79 Å². The van der Waals surface area contributed by atoms with E-state index in [-0.39, 0.29) is 5.97 Å². The van der Waals surface area contributed by atoms with E-state index in [4.69, 9.17) is 9.47 Å². The molecule has 0 N–H and O–H groups in total. The second-order valence-corrected chi connectivity index (χ2v) is 7.49. The van der Waals surface area contributed by atoms with Crippen LogP contribution in [0.15, 0.2) is 48.5 Å². The first-order valence-corrected chi connectivity index (χ1v) is 9.93. The van der Waals surface area contributed by atoms with Gasteiger partial charge in [0.15, 0.2) is 5.60 Å². The maximum atomic E-state index is 12.2. The number of benzene rings is 2. The summed E-state index contributed by atoms with van der Waals surface area (Å²) in [6.07, 6.45) is 1.04. The molecule has 4 nitrogen and oxygen atoms in total. The molecule has 0 atom stereocenters. The lowest BCUT2D eigenvalue weighted by molar-refractivity contribution is -0.158. The van der Waals surface area contributed by atoms with E-state index in [9.17, 15) is 4.79 Å². The summed E-state index contributed by atoms with van der Waals surface area (Å²) in [4.78, 5) is 12.2. The van der Waals surface area contributed by atoms with Crippen LogP contribution in [-0.4, -0.2) is 22.7 Å². The van der Waals surface area contributed by atoms with Crippen LogP contribution in [-0.2, 0) is 16.1 Å². The van der Waals surface area contributed by atoms with Crippen molar-refractivity contribution in [1.29, 1.82) is 0 Å². The van der Waals surface area contributed by atoms with E-state index >= 15 is 0 Å². The number of carbonyl (C=O) groups is 1. The average molecular weight is 380 g/mol. The normalized spacial score (nSPS) is 11.6. The Hall–Kier alpha value is -2.75. The first-order chi connectivity index (χ1) is 13.4. The number of ether oxygens (including phenoxy) is 2. The monoisotopic (exact) mass is 379 g/mol. The Bertz CT molecular complexity index is 970. The van der Waals surface area contributed by atoms with E-state index in [1.165, 1.54) is 22.2 Å². The molecule has 1 heterocycles. The molecular weight excluding hydrogens is 350 g/mol. The fraction of sp³-hybridized carbons (Fsp3) is 0.375. The molecule has 3 rings (SSSR count). The summed E-state index contributed by atoms with van der Waals surface area (Å²) < 4.78 is 13.5. The van der Waals surface area contributed by atoms with Gasteiger partial charge in [0.2, 0.25) is 0 Å². The van der Waals surface area contributed by atoms with Gasteiger partial charge < -0.3 is 14.0 Å². The number of aryl methyl sites for hydroxylation is 1. The van der Waals surface area contributed by atoms with Crippen LogP contribution in [0.2, 0.25) is 0 Å². The number of aromatic nitrogens is 1. The van der Waals surface area contributed by atoms with Gasteiger partial charge in [0.05, 0.1) is 12.1 Å². The molecule has 1 aromatic heterocycles. The van der Waals surface area contributed by atoms with Gasteiger partial charge in [-0.2, -0.15) is 0 Å². The van der Waals surface area contributed by atoms with Gasteiger partial charge in [0, 0.05) is 29.3 Å². The zero-order valence-corrected chi connectivity index (χ0v) is 17.4. The van der Waals surface area contributed by atoms with Gasteiger partial charge in [0.1, 0.15) is 5.75 Å². The Morgan fingerprint density at radius 2 is 1.79 bits per heavy atom. The number of fused-ring (bicyclic) bond motifs is 1. The van der Waals surface area contributed by atoms with Crippen molar-refractivity contribution in [3.63, 3.8) is 0 Å². The summed E-state index contributed by atoms with van der Waals surface area (Å²) in [5, 5.41) is 1.19. The molecule has 0 aliphatic heterocycles. The van der Waals surface area contributed by atoms with Gasteiger partial charge in [-0.1, -0.05) is 37.3 Å². The molecule has 3 aromatic rings. The molecule has 0 aliphatic rings. The quantitative estimate of drug-likeness (QED) is 0.491. The lowest BCUT2D eigenvalue weighted by atomic mass is 10.0. The zero-order chi connectivity index (χ0) is 20.3. The Balaban J connectivity index is 2.09. The summed E-state index contributed by atoms with van der Waals surface area (Å²) in [5.41, 5.74) is 3.78. The molecule has 0 aliphatic carbocycles. The van der Waals surface area contributed by atoms with Crippen LogP contribution in [0.5, 0.6) is 5.75 Å². The van der Waals surface area contributed by atoms with Crippen molar-refractivity contribution in [3.05, 3.63) is 54.2 Å². The van der Waals surface area contributed by atoms with Crippen LogP contribution in [0.1, 0.15) is 39.8 Å². The first-order valence-electron chi connectivity index (χ1n) is 9.93. The number of hydrogen-bond donors (Lipinski definition) is 0. The third-order valence-electron chi connectivity index (χ3n) is 4.95. The lowest BCUT2D eigenvalue weighted by Crippen LogP contribution is -2.39. The molecule has 0 fully saturated rings. The predicted octanol–water partition coefficient (Wildman–Crippen LogP) is 5.75. The molecule has 0 spiro atoms. The predicted molar refractivity (Wildman–Crippen MR) is 114 cm³/mol. The Labute approximate surface area is 167 Å². The average Bonchev–Trinajstić information content (AvgIpc) is 2.94. The molecule has 148 valence electrons. The van der Waals surface area contributed by atoms with Crippen LogP contribution >= 0.6 is 0 Å². The van der Waals surface area contributed by atoms with Crippen LogP contribution in [0, 0.1) is 6.92 Å². The summed E-state index contributed by atoms with van der Waals surface area (Å²) in [7, 11) is 0. The third-order valence-corrected chi connectivity index (χ3v) is 4.95. The van der Waals surface area contributed by atoms with Gasteiger partial charge in [-0.15, -0.1) is 0 Å². The van der Waals surface area contributed by atoms with Gasteiger partial charge in [-0.05, 0) is 51.8 Å². The highest BCUT2D eigenvalue weighted by atomic mass is 16.6. The minimum absolute atomic E-state index is 0.337. The molecule has 0 amide bonds. The van der Waals surface area contributed by atoms with Crippen molar-refractivity contribution in [2.75, 3.05) is 6.61 Å². The Morgan fingerprint density at radius 3 is 2.43 bits per heavy atom. The Kier molecular flexibility index (Phi) is 5.78. The van der Waals surface area contributed by atoms with Crippen molar-refractivity contribution < 1.29 is 14.3 Å². The lowest BCUT2D eigenvalue weighted by Gasteiger charge is -2.24. The number of nitrogens with zero attached hydrogens (tertiary/aromatic N) is 1. The van der Waals surface area contributed by atoms with Crippen molar-refractivity contribution in [2.24, 2.45) is 0 Å². The molecule has 0 saturated heterocycles. The molecule has 0 unspecified atom stereocenters. The van der Waals surface area contributed by atoms with Crippen molar-refractivity contribution >= 4 is 16.9 Å². The number of rotatable bonds is 7.